The normalized spacial score (nSPS) is 15.3. The van der Waals surface area contributed by atoms with Gasteiger partial charge >= 0.3 is 0 Å². The van der Waals surface area contributed by atoms with Crippen LogP contribution in [-0.4, -0.2) is 25.0 Å². The molecule has 26 heavy (non-hydrogen) atoms. The van der Waals surface area contributed by atoms with Crippen molar-refractivity contribution in [1.29, 1.82) is 0 Å². The van der Waals surface area contributed by atoms with Crippen molar-refractivity contribution >= 4 is 16.9 Å². The summed E-state index contributed by atoms with van der Waals surface area (Å²) in [6, 6.07) is 10.3. The molecule has 1 aliphatic carbocycles. The number of furan rings is 1. The predicted octanol–water partition coefficient (Wildman–Crippen LogP) is 3.85. The zero-order chi connectivity index (χ0) is 17.5. The molecule has 1 saturated carbocycles. The number of anilines is 1. The van der Waals surface area contributed by atoms with Gasteiger partial charge in [0.15, 0.2) is 0 Å². The highest BCUT2D eigenvalue weighted by molar-refractivity contribution is 5.85. The Morgan fingerprint density at radius 3 is 2.81 bits per heavy atom. The average molecular weight is 346 g/mol. The van der Waals surface area contributed by atoms with Gasteiger partial charge in [-0.1, -0.05) is 17.3 Å². The number of aromatic nitrogens is 5. The molecule has 7 nitrogen and oxygen atoms in total. The van der Waals surface area contributed by atoms with Gasteiger partial charge in [0.05, 0.1) is 29.2 Å². The molecular weight excluding hydrogens is 328 g/mol. The van der Waals surface area contributed by atoms with Gasteiger partial charge in [-0.25, -0.2) is 14.6 Å². The van der Waals surface area contributed by atoms with Crippen molar-refractivity contribution in [2.75, 3.05) is 5.32 Å². The molecule has 1 N–H and O–H groups in total. The zero-order valence-corrected chi connectivity index (χ0v) is 14.3. The van der Waals surface area contributed by atoms with Crippen molar-refractivity contribution in [2.45, 2.75) is 31.7 Å². The second-order valence-corrected chi connectivity index (χ2v) is 6.68. The number of nitrogens with one attached hydrogen (secondary N) is 1. The molecular formula is C19H18N6O. The average Bonchev–Trinajstić information content (AvgIpc) is 3.20. The van der Waals surface area contributed by atoms with Crippen molar-refractivity contribution in [3.8, 4) is 5.69 Å². The molecule has 0 saturated heterocycles. The fourth-order valence-corrected chi connectivity index (χ4v) is 3.08. The highest BCUT2D eigenvalue weighted by Crippen LogP contribution is 2.38. The number of benzene rings is 1. The van der Waals surface area contributed by atoms with Crippen LogP contribution in [0.5, 0.6) is 0 Å². The number of rotatable bonds is 5. The second kappa shape index (κ2) is 5.94. The fourth-order valence-electron chi connectivity index (χ4n) is 3.08. The maximum absolute atomic E-state index is 5.33. The molecule has 1 fully saturated rings. The molecule has 0 aliphatic heterocycles. The Balaban J connectivity index is 1.35. The van der Waals surface area contributed by atoms with Crippen molar-refractivity contribution in [3.05, 3.63) is 60.4 Å². The van der Waals surface area contributed by atoms with E-state index < -0.39 is 0 Å². The first-order chi connectivity index (χ1) is 12.8. The van der Waals surface area contributed by atoms with Gasteiger partial charge < -0.3 is 9.73 Å². The molecule has 7 heteroatoms. The number of hydrogen-bond acceptors (Lipinski definition) is 6. The summed E-state index contributed by atoms with van der Waals surface area (Å²) in [6.07, 6.45) is 7.62. The van der Waals surface area contributed by atoms with Gasteiger partial charge in [0.2, 0.25) is 5.71 Å². The molecule has 1 aromatic carbocycles. The molecule has 1 atom stereocenters. The van der Waals surface area contributed by atoms with Crippen LogP contribution >= 0.6 is 0 Å². The summed E-state index contributed by atoms with van der Waals surface area (Å²) in [5, 5.41) is 12.8. The minimum absolute atomic E-state index is 0.0924. The quantitative estimate of drug-likeness (QED) is 0.591. The Morgan fingerprint density at radius 1 is 1.15 bits per heavy atom. The van der Waals surface area contributed by atoms with Gasteiger partial charge in [0.1, 0.15) is 12.1 Å². The fraction of sp³-hybridized carbons (Fsp3) is 0.263. The number of fused-ring (bicyclic) bond motifs is 1. The monoisotopic (exact) mass is 346 g/mol. The third-order valence-corrected chi connectivity index (χ3v) is 4.78. The van der Waals surface area contributed by atoms with E-state index in [9.17, 15) is 0 Å². The van der Waals surface area contributed by atoms with E-state index in [2.05, 4.69) is 56.8 Å². The van der Waals surface area contributed by atoms with Crippen molar-refractivity contribution < 1.29 is 4.42 Å². The van der Waals surface area contributed by atoms with Gasteiger partial charge in [-0.3, -0.25) is 0 Å². The van der Waals surface area contributed by atoms with Gasteiger partial charge in [-0.05, 0) is 43.5 Å². The standard InChI is InChI=1S/C19H18N6O/c1-12(22-18-16-8-9-26-19(16)21-11-20-18)13-4-6-15(7-5-13)25-10-17(23-24-25)14-2-3-14/h4-12,14H,2-3H2,1H3,(H,20,21,22). The molecule has 3 heterocycles. The first-order valence-corrected chi connectivity index (χ1v) is 8.75. The second-order valence-electron chi connectivity index (χ2n) is 6.68. The summed E-state index contributed by atoms with van der Waals surface area (Å²) < 4.78 is 7.17. The summed E-state index contributed by atoms with van der Waals surface area (Å²) in [5.74, 6) is 1.38. The SMILES string of the molecule is CC(Nc1ncnc2occc12)c1ccc(-n2cc(C3CC3)nn2)cc1. The largest absolute Gasteiger partial charge is 0.446 e. The number of nitrogens with zero attached hydrogens (tertiary/aromatic N) is 5. The van der Waals surface area contributed by atoms with Crippen LogP contribution in [0.4, 0.5) is 5.82 Å². The smallest absolute Gasteiger partial charge is 0.231 e. The van der Waals surface area contributed by atoms with Gasteiger partial charge in [0, 0.05) is 12.0 Å². The lowest BCUT2D eigenvalue weighted by Gasteiger charge is -2.15. The van der Waals surface area contributed by atoms with Gasteiger partial charge in [-0.2, -0.15) is 0 Å². The molecule has 0 radical (unpaired) electrons. The van der Waals surface area contributed by atoms with Crippen molar-refractivity contribution in [1.82, 2.24) is 25.0 Å². The Hall–Kier alpha value is -3.22. The Morgan fingerprint density at radius 2 is 2.00 bits per heavy atom. The molecule has 1 aliphatic rings. The van der Waals surface area contributed by atoms with Crippen LogP contribution in [0.15, 0.2) is 53.5 Å². The van der Waals surface area contributed by atoms with E-state index in [-0.39, 0.29) is 6.04 Å². The molecule has 0 amide bonds. The topological polar surface area (TPSA) is 81.7 Å². The van der Waals surface area contributed by atoms with E-state index >= 15 is 0 Å². The van der Waals surface area contributed by atoms with Crippen LogP contribution in [0.25, 0.3) is 16.8 Å². The lowest BCUT2D eigenvalue weighted by atomic mass is 10.1. The maximum atomic E-state index is 5.33. The maximum Gasteiger partial charge on any atom is 0.231 e. The van der Waals surface area contributed by atoms with E-state index in [1.165, 1.54) is 19.2 Å². The Labute approximate surface area is 150 Å². The van der Waals surface area contributed by atoms with Crippen molar-refractivity contribution in [3.63, 3.8) is 0 Å². The van der Waals surface area contributed by atoms with Gasteiger partial charge in [0.25, 0.3) is 0 Å². The molecule has 0 bridgehead atoms. The summed E-state index contributed by atoms with van der Waals surface area (Å²) in [5.41, 5.74) is 3.85. The first kappa shape index (κ1) is 15.1. The summed E-state index contributed by atoms with van der Waals surface area (Å²) in [6.45, 7) is 2.10. The summed E-state index contributed by atoms with van der Waals surface area (Å²) in [7, 11) is 0. The van der Waals surface area contributed by atoms with Crippen LogP contribution in [0, 0.1) is 0 Å². The van der Waals surface area contributed by atoms with Crippen LogP contribution in [0.1, 0.15) is 43.0 Å². The summed E-state index contributed by atoms with van der Waals surface area (Å²) >= 11 is 0. The van der Waals surface area contributed by atoms with E-state index in [1.807, 2.05) is 16.9 Å². The van der Waals surface area contributed by atoms with E-state index in [4.69, 9.17) is 4.42 Å². The molecule has 5 rings (SSSR count). The number of hydrogen-bond donors (Lipinski definition) is 1. The molecule has 4 aromatic rings. The molecule has 0 spiro atoms. The molecule has 1 unspecified atom stereocenters. The van der Waals surface area contributed by atoms with E-state index in [0.717, 1.165) is 28.1 Å². The third kappa shape index (κ3) is 2.71. The Bertz CT molecular complexity index is 1050. The minimum Gasteiger partial charge on any atom is -0.446 e. The predicted molar refractivity (Wildman–Crippen MR) is 97.2 cm³/mol. The van der Waals surface area contributed by atoms with E-state index in [0.29, 0.717) is 11.6 Å². The van der Waals surface area contributed by atoms with Crippen LogP contribution in [-0.2, 0) is 0 Å². The first-order valence-electron chi connectivity index (χ1n) is 8.75. The van der Waals surface area contributed by atoms with Crippen LogP contribution in [0.2, 0.25) is 0 Å². The van der Waals surface area contributed by atoms with Gasteiger partial charge in [-0.15, -0.1) is 5.10 Å². The van der Waals surface area contributed by atoms with E-state index in [1.54, 1.807) is 6.26 Å². The highest BCUT2D eigenvalue weighted by Gasteiger charge is 2.26. The van der Waals surface area contributed by atoms with Crippen LogP contribution in [0.3, 0.4) is 0 Å². The minimum atomic E-state index is 0.0924. The zero-order valence-electron chi connectivity index (χ0n) is 14.3. The highest BCUT2D eigenvalue weighted by atomic mass is 16.3. The Kier molecular flexibility index (Phi) is 3.44. The van der Waals surface area contributed by atoms with Crippen LogP contribution < -0.4 is 5.32 Å². The lowest BCUT2D eigenvalue weighted by Crippen LogP contribution is -2.08. The van der Waals surface area contributed by atoms with Crippen molar-refractivity contribution in [2.24, 2.45) is 0 Å². The molecule has 3 aromatic heterocycles. The third-order valence-electron chi connectivity index (χ3n) is 4.78. The summed E-state index contributed by atoms with van der Waals surface area (Å²) in [4.78, 5) is 8.44. The lowest BCUT2D eigenvalue weighted by molar-refractivity contribution is 0.602. The molecule has 130 valence electrons.